The summed E-state index contributed by atoms with van der Waals surface area (Å²) in [7, 11) is 0. The lowest BCUT2D eigenvalue weighted by molar-refractivity contribution is -0.114. The van der Waals surface area contributed by atoms with E-state index in [1.165, 1.54) is 13.0 Å². The minimum absolute atomic E-state index is 0.0359. The van der Waals surface area contributed by atoms with Crippen LogP contribution in [-0.4, -0.2) is 10.9 Å². The van der Waals surface area contributed by atoms with E-state index in [0.717, 1.165) is 24.7 Å². The molecule has 0 aliphatic carbocycles. The number of aryl methyl sites for hydroxylation is 1. The van der Waals surface area contributed by atoms with Gasteiger partial charge in [-0.25, -0.2) is 9.37 Å². The highest BCUT2D eigenvalue weighted by Gasteiger charge is 2.10. The minimum atomic E-state index is -0.633. The van der Waals surface area contributed by atoms with Crippen LogP contribution in [0.3, 0.4) is 0 Å². The largest absolute Gasteiger partial charge is 0.324 e. The Kier molecular flexibility index (Phi) is 7.22. The molecule has 0 saturated carbocycles. The maximum Gasteiger partial charge on any atom is 0.221 e. The van der Waals surface area contributed by atoms with Crippen molar-refractivity contribution in [3.63, 3.8) is 0 Å². The lowest BCUT2D eigenvalue weighted by Crippen LogP contribution is -2.07. The molecule has 0 bridgehead atoms. The summed E-state index contributed by atoms with van der Waals surface area (Å²) in [6, 6.07) is 6.89. The van der Waals surface area contributed by atoms with Gasteiger partial charge in [-0.1, -0.05) is 23.2 Å². The second-order valence-corrected chi connectivity index (χ2v) is 8.51. The highest BCUT2D eigenvalue weighted by molar-refractivity contribution is 9.10. The fraction of sp³-hybridized carbons (Fsp3) is 0.125. The molecule has 1 amide bonds. The minimum Gasteiger partial charge on any atom is -0.324 e. The Morgan fingerprint density at radius 3 is 2.40 bits per heavy atom. The van der Waals surface area contributed by atoms with Gasteiger partial charge in [0.15, 0.2) is 5.82 Å². The summed E-state index contributed by atoms with van der Waals surface area (Å²) in [4.78, 5) is 15.0. The third-order valence-electron chi connectivity index (χ3n) is 2.90. The number of anilines is 1. The average Bonchev–Trinajstić information content (AvgIpc) is 2.93. The molecule has 3 aromatic rings. The van der Waals surface area contributed by atoms with Gasteiger partial charge in [0.25, 0.3) is 0 Å². The van der Waals surface area contributed by atoms with Crippen LogP contribution in [-0.2, 0) is 4.79 Å². The van der Waals surface area contributed by atoms with Gasteiger partial charge in [0.2, 0.25) is 5.91 Å². The summed E-state index contributed by atoms with van der Waals surface area (Å²) in [5.41, 5.74) is 1.06. The number of hydrogen-bond acceptors (Lipinski definition) is 3. The lowest BCUT2D eigenvalue weighted by atomic mass is 10.3. The van der Waals surface area contributed by atoms with Crippen molar-refractivity contribution in [3.8, 4) is 0 Å². The van der Waals surface area contributed by atoms with Crippen LogP contribution in [0.1, 0.15) is 11.9 Å². The van der Waals surface area contributed by atoms with E-state index in [2.05, 4.69) is 42.2 Å². The van der Waals surface area contributed by atoms with E-state index < -0.39 is 5.82 Å². The van der Waals surface area contributed by atoms with Gasteiger partial charge in [-0.3, -0.25) is 4.79 Å². The number of rotatable bonds is 1. The number of carbonyl (C=O) groups is 1. The van der Waals surface area contributed by atoms with E-state index in [9.17, 15) is 9.18 Å². The number of aromatic nitrogens is 1. The van der Waals surface area contributed by atoms with Crippen molar-refractivity contribution in [1.82, 2.24) is 4.98 Å². The zero-order chi connectivity index (χ0) is 18.7. The van der Waals surface area contributed by atoms with Gasteiger partial charge in [-0.2, -0.15) is 0 Å². The van der Waals surface area contributed by atoms with E-state index in [0.29, 0.717) is 4.47 Å². The fourth-order valence-corrected chi connectivity index (χ4v) is 3.92. The number of benzene rings is 2. The fourth-order valence-electron chi connectivity index (χ4n) is 1.86. The number of thiazole rings is 1. The first-order valence-corrected chi connectivity index (χ1v) is 9.98. The van der Waals surface area contributed by atoms with Crippen LogP contribution >= 0.6 is 66.4 Å². The Morgan fingerprint density at radius 1 is 1.16 bits per heavy atom. The summed E-state index contributed by atoms with van der Waals surface area (Å²) in [6.07, 6.45) is 0. The van der Waals surface area contributed by atoms with Crippen molar-refractivity contribution < 1.29 is 9.18 Å². The summed E-state index contributed by atoms with van der Waals surface area (Å²) >= 11 is 19.7. The lowest BCUT2D eigenvalue weighted by Gasteiger charge is -2.05. The predicted octanol–water partition coefficient (Wildman–Crippen LogP) is 7.22. The molecule has 0 fully saturated rings. The zero-order valence-electron chi connectivity index (χ0n) is 13.0. The van der Waals surface area contributed by atoms with E-state index >= 15 is 0 Å². The molecule has 3 nitrogen and oxygen atoms in total. The molecule has 132 valence electrons. The number of fused-ring (bicyclic) bond motifs is 1. The highest BCUT2D eigenvalue weighted by Crippen LogP contribution is 2.34. The summed E-state index contributed by atoms with van der Waals surface area (Å²) in [6.45, 7) is 3.28. The number of amides is 1. The van der Waals surface area contributed by atoms with E-state index in [1.54, 1.807) is 17.4 Å². The molecule has 3 rings (SSSR count). The molecular formula is C16H11Br2Cl2FN2OS. The molecule has 0 aliphatic rings. The Hall–Kier alpha value is -0.730. The maximum absolute atomic E-state index is 13.2. The van der Waals surface area contributed by atoms with Crippen LogP contribution in [0, 0.1) is 12.7 Å². The molecule has 25 heavy (non-hydrogen) atoms. The third kappa shape index (κ3) is 5.14. The normalized spacial score (nSPS) is 10.4. The van der Waals surface area contributed by atoms with Gasteiger partial charge in [0, 0.05) is 15.9 Å². The van der Waals surface area contributed by atoms with Crippen molar-refractivity contribution >= 4 is 88.2 Å². The zero-order valence-corrected chi connectivity index (χ0v) is 18.5. The Labute approximate surface area is 174 Å². The first-order chi connectivity index (χ1) is 11.7. The summed E-state index contributed by atoms with van der Waals surface area (Å²) in [5, 5.41) is 4.09. The van der Waals surface area contributed by atoms with Crippen molar-refractivity contribution in [3.05, 3.63) is 54.1 Å². The van der Waals surface area contributed by atoms with Crippen LogP contribution in [0.25, 0.3) is 10.2 Å². The van der Waals surface area contributed by atoms with Crippen LogP contribution in [0.2, 0.25) is 10.0 Å². The van der Waals surface area contributed by atoms with Gasteiger partial charge in [-0.05, 0) is 63.0 Å². The van der Waals surface area contributed by atoms with E-state index in [4.69, 9.17) is 23.2 Å². The van der Waals surface area contributed by atoms with Crippen LogP contribution in [0.15, 0.2) is 33.2 Å². The molecule has 9 heteroatoms. The summed E-state index contributed by atoms with van der Waals surface area (Å²) in [5.74, 6) is -0.969. The van der Waals surface area contributed by atoms with Crippen LogP contribution in [0.4, 0.5) is 10.1 Å². The SMILES string of the molecule is CC(=O)Nc1ccc(Br)c(Cl)c1F.Cc1nc2ccc(Br)c(Cl)c2s1. The molecule has 1 aromatic heterocycles. The van der Waals surface area contributed by atoms with Crippen LogP contribution in [0.5, 0.6) is 0 Å². The first-order valence-electron chi connectivity index (χ1n) is 6.83. The van der Waals surface area contributed by atoms with Crippen molar-refractivity contribution in [2.45, 2.75) is 13.8 Å². The molecule has 0 spiro atoms. The Bertz CT molecular complexity index is 950. The Morgan fingerprint density at radius 2 is 1.76 bits per heavy atom. The number of nitrogens with zero attached hydrogens (tertiary/aromatic N) is 1. The van der Waals surface area contributed by atoms with Crippen LogP contribution < -0.4 is 5.32 Å². The van der Waals surface area contributed by atoms with Crippen molar-refractivity contribution in [2.24, 2.45) is 0 Å². The summed E-state index contributed by atoms with van der Waals surface area (Å²) < 4.78 is 15.7. The third-order valence-corrected chi connectivity index (χ3v) is 6.56. The smallest absolute Gasteiger partial charge is 0.221 e. The monoisotopic (exact) mass is 526 g/mol. The second-order valence-electron chi connectivity index (χ2n) is 4.85. The molecule has 1 N–H and O–H groups in total. The molecule has 2 aromatic carbocycles. The number of hydrogen-bond donors (Lipinski definition) is 1. The molecule has 0 radical (unpaired) electrons. The molecule has 0 atom stereocenters. The number of carbonyl (C=O) groups excluding carboxylic acids is 1. The standard InChI is InChI=1S/C8H6BrClFNO.C8H5BrClNS/c1-4(13)12-6-3-2-5(9)7(10)8(6)11;1-4-11-6-3-2-5(9)7(10)8(6)12-4/h2-3H,1H3,(H,12,13);2-3H,1H3. The predicted molar refractivity (Wildman–Crippen MR) is 110 cm³/mol. The second kappa shape index (κ2) is 8.77. The number of nitrogens with one attached hydrogen (secondary N) is 1. The van der Waals surface area contributed by atoms with Gasteiger partial charge in [0.05, 0.1) is 31.0 Å². The van der Waals surface area contributed by atoms with Gasteiger partial charge in [0.1, 0.15) is 0 Å². The quantitative estimate of drug-likeness (QED) is 0.339. The molecule has 1 heterocycles. The maximum atomic E-state index is 13.2. The van der Waals surface area contributed by atoms with Gasteiger partial charge in [-0.15, -0.1) is 11.3 Å². The van der Waals surface area contributed by atoms with E-state index in [1.807, 2.05) is 19.1 Å². The van der Waals surface area contributed by atoms with Gasteiger partial charge < -0.3 is 5.32 Å². The Balaban J connectivity index is 0.000000181. The van der Waals surface area contributed by atoms with Crippen molar-refractivity contribution in [2.75, 3.05) is 5.32 Å². The highest BCUT2D eigenvalue weighted by atomic mass is 79.9. The van der Waals surface area contributed by atoms with Gasteiger partial charge >= 0.3 is 0 Å². The topological polar surface area (TPSA) is 42.0 Å². The van der Waals surface area contributed by atoms with E-state index in [-0.39, 0.29) is 16.6 Å². The molecular weight excluding hydrogens is 518 g/mol. The number of halogens is 5. The molecule has 0 unspecified atom stereocenters. The first kappa shape index (κ1) is 20.6. The molecule has 0 saturated heterocycles. The molecule has 0 aliphatic heterocycles. The average molecular weight is 529 g/mol. The van der Waals surface area contributed by atoms with Crippen molar-refractivity contribution in [1.29, 1.82) is 0 Å².